The molecule has 0 spiro atoms. The van der Waals surface area contributed by atoms with Crippen molar-refractivity contribution >= 4 is 15.9 Å². The summed E-state index contributed by atoms with van der Waals surface area (Å²) < 4.78 is 34.8. The smallest absolute Gasteiger partial charge is 0.247 e. The van der Waals surface area contributed by atoms with Crippen molar-refractivity contribution in [1.82, 2.24) is 9.21 Å². The maximum absolute atomic E-state index is 13.6. The van der Waals surface area contributed by atoms with Crippen LogP contribution in [-0.2, 0) is 14.8 Å². The Morgan fingerprint density at radius 1 is 1.26 bits per heavy atom. The standard InChI is InChI=1S/C25H31N3O5S/c1-5-25(30)27(4)15-23-17(2)14-28(18(3)16-29)34(31,32)24-11-10-21(12-22(24)33-23)20-8-6-19(13-26)7-9-20/h6-12,17-18,23,29H,5,14-16H2,1-4H3/t17-,18-,23-/m1/s1. The average molecular weight is 486 g/mol. The third-order valence-corrected chi connectivity index (χ3v) is 8.22. The van der Waals surface area contributed by atoms with Crippen LogP contribution in [0.3, 0.4) is 0 Å². The number of ether oxygens (including phenoxy) is 1. The Kier molecular flexibility index (Phi) is 7.97. The molecule has 0 aliphatic carbocycles. The van der Waals surface area contributed by atoms with Gasteiger partial charge in [-0.25, -0.2) is 8.42 Å². The monoisotopic (exact) mass is 485 g/mol. The van der Waals surface area contributed by atoms with Crippen molar-refractivity contribution in [2.75, 3.05) is 26.7 Å². The minimum Gasteiger partial charge on any atom is -0.487 e. The Morgan fingerprint density at radius 2 is 1.91 bits per heavy atom. The zero-order valence-electron chi connectivity index (χ0n) is 19.9. The molecule has 0 fully saturated rings. The Bertz CT molecular complexity index is 1170. The maximum atomic E-state index is 13.6. The van der Waals surface area contributed by atoms with E-state index in [1.54, 1.807) is 62.2 Å². The van der Waals surface area contributed by atoms with Crippen molar-refractivity contribution in [2.45, 2.75) is 44.2 Å². The summed E-state index contributed by atoms with van der Waals surface area (Å²) in [7, 11) is -2.24. The number of fused-ring (bicyclic) bond motifs is 1. The predicted octanol–water partition coefficient (Wildman–Crippen LogP) is 2.86. The molecule has 0 radical (unpaired) electrons. The van der Waals surface area contributed by atoms with Gasteiger partial charge in [0.15, 0.2) is 0 Å². The van der Waals surface area contributed by atoms with Crippen molar-refractivity contribution in [3.05, 3.63) is 48.0 Å². The molecule has 1 heterocycles. The van der Waals surface area contributed by atoms with Crippen LogP contribution in [0.15, 0.2) is 47.4 Å². The highest BCUT2D eigenvalue weighted by Gasteiger charge is 2.38. The number of carbonyl (C=O) groups excluding carboxylic acids is 1. The van der Waals surface area contributed by atoms with E-state index in [0.717, 1.165) is 11.1 Å². The van der Waals surface area contributed by atoms with Gasteiger partial charge in [0, 0.05) is 32.0 Å². The fourth-order valence-corrected chi connectivity index (χ4v) is 5.83. The van der Waals surface area contributed by atoms with Gasteiger partial charge in [0.2, 0.25) is 15.9 Å². The number of benzene rings is 2. The quantitative estimate of drug-likeness (QED) is 0.674. The van der Waals surface area contributed by atoms with Crippen molar-refractivity contribution < 1.29 is 23.1 Å². The lowest BCUT2D eigenvalue weighted by atomic mass is 10.0. The van der Waals surface area contributed by atoms with Gasteiger partial charge in [-0.15, -0.1) is 0 Å². The van der Waals surface area contributed by atoms with E-state index in [1.165, 1.54) is 10.4 Å². The number of hydrogen-bond donors (Lipinski definition) is 1. The van der Waals surface area contributed by atoms with Crippen LogP contribution in [0.1, 0.15) is 32.8 Å². The van der Waals surface area contributed by atoms with Crippen LogP contribution in [0.4, 0.5) is 0 Å². The third-order valence-electron chi connectivity index (χ3n) is 6.20. The summed E-state index contributed by atoms with van der Waals surface area (Å²) in [6.45, 7) is 5.48. The fraction of sp³-hybridized carbons (Fsp3) is 0.440. The van der Waals surface area contributed by atoms with Gasteiger partial charge >= 0.3 is 0 Å². The molecule has 8 nitrogen and oxygen atoms in total. The van der Waals surface area contributed by atoms with Crippen LogP contribution in [0.25, 0.3) is 11.1 Å². The molecule has 0 bridgehead atoms. The summed E-state index contributed by atoms with van der Waals surface area (Å²) in [4.78, 5) is 13.8. The maximum Gasteiger partial charge on any atom is 0.247 e. The molecule has 1 aliphatic heterocycles. The summed E-state index contributed by atoms with van der Waals surface area (Å²) in [6.07, 6.45) is -0.0987. The number of aliphatic hydroxyl groups is 1. The van der Waals surface area contributed by atoms with Crippen LogP contribution in [0.2, 0.25) is 0 Å². The molecular weight excluding hydrogens is 454 g/mol. The first-order chi connectivity index (χ1) is 16.1. The molecule has 182 valence electrons. The van der Waals surface area contributed by atoms with Gasteiger partial charge in [-0.2, -0.15) is 9.57 Å². The zero-order chi connectivity index (χ0) is 25.0. The van der Waals surface area contributed by atoms with E-state index in [9.17, 15) is 18.3 Å². The number of rotatable bonds is 6. The Labute approximate surface area is 201 Å². The van der Waals surface area contributed by atoms with Crippen LogP contribution in [0.5, 0.6) is 5.75 Å². The van der Waals surface area contributed by atoms with E-state index in [4.69, 9.17) is 10.00 Å². The molecule has 34 heavy (non-hydrogen) atoms. The third kappa shape index (κ3) is 5.25. The van der Waals surface area contributed by atoms with Gasteiger partial charge in [0.25, 0.3) is 0 Å². The van der Waals surface area contributed by atoms with Gasteiger partial charge in [0.1, 0.15) is 16.7 Å². The summed E-state index contributed by atoms with van der Waals surface area (Å²) in [5.74, 6) is -0.0777. The number of likely N-dealkylation sites (N-methyl/N-ethyl adjacent to an activating group) is 1. The molecule has 2 aromatic rings. The number of carbonyl (C=O) groups is 1. The first-order valence-electron chi connectivity index (χ1n) is 11.3. The highest BCUT2D eigenvalue weighted by Crippen LogP contribution is 2.36. The highest BCUT2D eigenvalue weighted by molar-refractivity contribution is 7.89. The molecular formula is C25H31N3O5S. The summed E-state index contributed by atoms with van der Waals surface area (Å²) in [5.41, 5.74) is 2.08. The normalized spacial score (nSPS) is 20.7. The molecule has 3 rings (SSSR count). The number of amides is 1. The Balaban J connectivity index is 2.11. The second-order valence-electron chi connectivity index (χ2n) is 8.72. The van der Waals surface area contributed by atoms with Gasteiger partial charge in [0.05, 0.1) is 24.8 Å². The van der Waals surface area contributed by atoms with Crippen molar-refractivity contribution in [3.8, 4) is 22.9 Å². The summed E-state index contributed by atoms with van der Waals surface area (Å²) in [5, 5.41) is 18.8. The Hall–Kier alpha value is -2.93. The molecule has 0 unspecified atom stereocenters. The largest absolute Gasteiger partial charge is 0.487 e. The van der Waals surface area contributed by atoms with Crippen molar-refractivity contribution in [1.29, 1.82) is 5.26 Å². The lowest BCUT2D eigenvalue weighted by Crippen LogP contribution is -2.50. The molecule has 0 saturated carbocycles. The minimum absolute atomic E-state index is 0.0200. The zero-order valence-corrected chi connectivity index (χ0v) is 20.7. The van der Waals surface area contributed by atoms with E-state index < -0.39 is 22.2 Å². The van der Waals surface area contributed by atoms with Gasteiger partial charge in [-0.3, -0.25) is 4.79 Å². The highest BCUT2D eigenvalue weighted by atomic mass is 32.2. The minimum atomic E-state index is -3.94. The second-order valence-corrected chi connectivity index (χ2v) is 10.6. The molecule has 1 amide bonds. The molecule has 9 heteroatoms. The summed E-state index contributed by atoms with van der Waals surface area (Å²) in [6, 6.07) is 13.4. The van der Waals surface area contributed by atoms with Crippen molar-refractivity contribution in [2.24, 2.45) is 5.92 Å². The van der Waals surface area contributed by atoms with Crippen LogP contribution >= 0.6 is 0 Å². The molecule has 1 N–H and O–H groups in total. The lowest BCUT2D eigenvalue weighted by molar-refractivity contribution is -0.131. The molecule has 3 atom stereocenters. The van der Waals surface area contributed by atoms with Crippen LogP contribution in [0, 0.1) is 17.2 Å². The number of nitriles is 1. The first kappa shape index (κ1) is 25.7. The molecule has 2 aromatic carbocycles. The van der Waals surface area contributed by atoms with Gasteiger partial charge in [-0.1, -0.05) is 32.0 Å². The van der Waals surface area contributed by atoms with Crippen LogP contribution in [-0.4, -0.2) is 67.5 Å². The molecule has 0 aromatic heterocycles. The topological polar surface area (TPSA) is 111 Å². The van der Waals surface area contributed by atoms with Gasteiger partial charge < -0.3 is 14.7 Å². The number of sulfonamides is 1. The predicted molar refractivity (Wildman–Crippen MR) is 129 cm³/mol. The van der Waals surface area contributed by atoms with Crippen LogP contribution < -0.4 is 4.74 Å². The average Bonchev–Trinajstić information content (AvgIpc) is 2.84. The fourth-order valence-electron chi connectivity index (χ4n) is 4.00. The van der Waals surface area contributed by atoms with Gasteiger partial charge in [-0.05, 0) is 42.3 Å². The molecule has 0 saturated heterocycles. The number of hydrogen-bond acceptors (Lipinski definition) is 6. The van der Waals surface area contributed by atoms with E-state index in [2.05, 4.69) is 6.07 Å². The first-order valence-corrected chi connectivity index (χ1v) is 12.7. The SMILES string of the molecule is CCC(=O)N(C)C[C@H]1Oc2cc(-c3ccc(C#N)cc3)ccc2S(=O)(=O)N([C@H](C)CO)C[C@H]1C. The van der Waals surface area contributed by atoms with E-state index in [-0.39, 0.29) is 35.6 Å². The molecule has 1 aliphatic rings. The van der Waals surface area contributed by atoms with Crippen molar-refractivity contribution in [3.63, 3.8) is 0 Å². The van der Waals surface area contributed by atoms with E-state index in [0.29, 0.717) is 18.5 Å². The van der Waals surface area contributed by atoms with E-state index in [1.807, 2.05) is 6.92 Å². The Morgan fingerprint density at radius 3 is 2.50 bits per heavy atom. The number of aliphatic hydroxyl groups excluding tert-OH is 1. The second kappa shape index (κ2) is 10.6. The van der Waals surface area contributed by atoms with E-state index >= 15 is 0 Å². The lowest BCUT2D eigenvalue weighted by Gasteiger charge is -2.37. The summed E-state index contributed by atoms with van der Waals surface area (Å²) >= 11 is 0. The number of nitrogens with zero attached hydrogens (tertiary/aromatic N) is 3.